The van der Waals surface area contributed by atoms with Crippen LogP contribution in [0, 0.1) is 0 Å². The standard InChI is InChI=1S/C19H18N2O6S/c1-2-21(15-9-5-7-13-6-3-4-8-14(13)15)17(22)12-26-19(23)16-10-11-18(27-16)28(20,24)25/h3-11H,2,12H2,1H3,(H2,20,24,25). The van der Waals surface area contributed by atoms with Gasteiger partial charge in [0.1, 0.15) is 0 Å². The molecule has 0 saturated carbocycles. The quantitative estimate of drug-likeness (QED) is 0.632. The highest BCUT2D eigenvalue weighted by molar-refractivity contribution is 7.89. The fraction of sp³-hybridized carbons (Fsp3) is 0.158. The Morgan fingerprint density at radius 1 is 1.07 bits per heavy atom. The Morgan fingerprint density at radius 2 is 1.79 bits per heavy atom. The summed E-state index contributed by atoms with van der Waals surface area (Å²) < 4.78 is 32.2. The number of carbonyl (C=O) groups excluding carboxylic acids is 2. The van der Waals surface area contributed by atoms with Gasteiger partial charge in [-0.25, -0.2) is 18.4 Å². The van der Waals surface area contributed by atoms with Crippen LogP contribution in [0.3, 0.4) is 0 Å². The molecule has 0 spiro atoms. The molecular formula is C19H18N2O6S. The maximum Gasteiger partial charge on any atom is 0.374 e. The summed E-state index contributed by atoms with van der Waals surface area (Å²) >= 11 is 0. The molecule has 0 aliphatic heterocycles. The number of ether oxygens (including phenoxy) is 1. The zero-order chi connectivity index (χ0) is 20.3. The number of fused-ring (bicyclic) bond motifs is 1. The molecule has 0 fully saturated rings. The number of primary sulfonamides is 1. The summed E-state index contributed by atoms with van der Waals surface area (Å²) in [5, 5.41) is 6.25. The van der Waals surface area contributed by atoms with Gasteiger partial charge in [0.05, 0.1) is 5.69 Å². The van der Waals surface area contributed by atoms with E-state index in [1.807, 2.05) is 49.4 Å². The van der Waals surface area contributed by atoms with Crippen LogP contribution in [0.15, 0.2) is 64.1 Å². The number of sulfonamides is 1. The highest BCUT2D eigenvalue weighted by Gasteiger charge is 2.22. The van der Waals surface area contributed by atoms with E-state index >= 15 is 0 Å². The van der Waals surface area contributed by atoms with Crippen LogP contribution in [-0.4, -0.2) is 33.4 Å². The Balaban J connectivity index is 1.74. The minimum Gasteiger partial charge on any atom is -0.450 e. The molecular weight excluding hydrogens is 384 g/mol. The van der Waals surface area contributed by atoms with Gasteiger partial charge in [-0.3, -0.25) is 4.79 Å². The van der Waals surface area contributed by atoms with Gasteiger partial charge in [0.15, 0.2) is 6.61 Å². The monoisotopic (exact) mass is 402 g/mol. The van der Waals surface area contributed by atoms with E-state index in [0.29, 0.717) is 12.2 Å². The molecule has 0 aliphatic carbocycles. The van der Waals surface area contributed by atoms with E-state index in [0.717, 1.165) is 22.9 Å². The van der Waals surface area contributed by atoms with Crippen LogP contribution in [-0.2, 0) is 19.6 Å². The van der Waals surface area contributed by atoms with E-state index in [-0.39, 0.29) is 5.76 Å². The van der Waals surface area contributed by atoms with Gasteiger partial charge in [-0.1, -0.05) is 36.4 Å². The Labute approximate surface area is 161 Å². The van der Waals surface area contributed by atoms with Crippen molar-refractivity contribution in [3.8, 4) is 0 Å². The predicted molar refractivity (Wildman–Crippen MR) is 102 cm³/mol. The molecule has 146 valence electrons. The molecule has 0 saturated heterocycles. The van der Waals surface area contributed by atoms with Crippen molar-refractivity contribution in [2.45, 2.75) is 12.0 Å². The Kier molecular flexibility index (Phi) is 5.48. The van der Waals surface area contributed by atoms with Crippen LogP contribution in [0.1, 0.15) is 17.5 Å². The van der Waals surface area contributed by atoms with Crippen LogP contribution >= 0.6 is 0 Å². The lowest BCUT2D eigenvalue weighted by Crippen LogP contribution is -2.34. The van der Waals surface area contributed by atoms with Gasteiger partial charge >= 0.3 is 5.97 Å². The van der Waals surface area contributed by atoms with E-state index in [1.165, 1.54) is 4.90 Å². The average molecular weight is 402 g/mol. The lowest BCUT2D eigenvalue weighted by atomic mass is 10.1. The number of anilines is 1. The topological polar surface area (TPSA) is 120 Å². The first-order chi connectivity index (χ1) is 13.3. The third kappa shape index (κ3) is 4.05. The number of hydrogen-bond acceptors (Lipinski definition) is 6. The van der Waals surface area contributed by atoms with Crippen molar-refractivity contribution in [2.75, 3.05) is 18.1 Å². The summed E-state index contributed by atoms with van der Waals surface area (Å²) in [6, 6.07) is 15.4. The number of carbonyl (C=O) groups is 2. The van der Waals surface area contributed by atoms with Crippen molar-refractivity contribution in [1.82, 2.24) is 0 Å². The van der Waals surface area contributed by atoms with Gasteiger partial charge in [-0.2, -0.15) is 0 Å². The summed E-state index contributed by atoms with van der Waals surface area (Å²) in [6.07, 6.45) is 0. The number of nitrogens with two attached hydrogens (primary N) is 1. The zero-order valence-electron chi connectivity index (χ0n) is 15.0. The van der Waals surface area contributed by atoms with Crippen molar-refractivity contribution in [2.24, 2.45) is 5.14 Å². The van der Waals surface area contributed by atoms with Crippen molar-refractivity contribution in [1.29, 1.82) is 0 Å². The third-order valence-corrected chi connectivity index (χ3v) is 4.84. The van der Waals surface area contributed by atoms with E-state index < -0.39 is 33.6 Å². The first-order valence-electron chi connectivity index (χ1n) is 8.39. The average Bonchev–Trinajstić information content (AvgIpc) is 3.18. The van der Waals surface area contributed by atoms with Gasteiger partial charge in [-0.05, 0) is 30.5 Å². The number of likely N-dealkylation sites (N-methyl/N-ethyl adjacent to an activating group) is 1. The fourth-order valence-corrected chi connectivity index (χ4v) is 3.25. The number of benzene rings is 2. The molecule has 0 aliphatic rings. The zero-order valence-corrected chi connectivity index (χ0v) is 15.8. The lowest BCUT2D eigenvalue weighted by molar-refractivity contribution is -0.121. The maximum absolute atomic E-state index is 12.6. The number of furan rings is 1. The van der Waals surface area contributed by atoms with Crippen molar-refractivity contribution in [3.05, 3.63) is 60.4 Å². The fourth-order valence-electron chi connectivity index (χ4n) is 2.78. The van der Waals surface area contributed by atoms with Crippen LogP contribution in [0.25, 0.3) is 10.8 Å². The summed E-state index contributed by atoms with van der Waals surface area (Å²) in [4.78, 5) is 26.2. The van der Waals surface area contributed by atoms with Gasteiger partial charge in [0.25, 0.3) is 15.9 Å². The van der Waals surface area contributed by atoms with E-state index in [1.54, 1.807) is 0 Å². The van der Waals surface area contributed by atoms with Gasteiger partial charge in [0.2, 0.25) is 10.9 Å². The van der Waals surface area contributed by atoms with Crippen molar-refractivity contribution in [3.63, 3.8) is 0 Å². The second-order valence-electron chi connectivity index (χ2n) is 5.88. The molecule has 3 aromatic rings. The van der Waals surface area contributed by atoms with Gasteiger partial charge in [0, 0.05) is 11.9 Å². The number of amides is 1. The second-order valence-corrected chi connectivity index (χ2v) is 7.37. The molecule has 0 radical (unpaired) electrons. The smallest absolute Gasteiger partial charge is 0.374 e. The van der Waals surface area contributed by atoms with Gasteiger partial charge < -0.3 is 14.1 Å². The maximum atomic E-state index is 12.6. The van der Waals surface area contributed by atoms with Crippen LogP contribution in [0.4, 0.5) is 5.69 Å². The summed E-state index contributed by atoms with van der Waals surface area (Å²) in [6.45, 7) is 1.66. The Bertz CT molecular complexity index is 1130. The van der Waals surface area contributed by atoms with Crippen molar-refractivity contribution >= 4 is 38.4 Å². The molecule has 28 heavy (non-hydrogen) atoms. The highest BCUT2D eigenvalue weighted by atomic mass is 32.2. The molecule has 1 aromatic heterocycles. The number of nitrogens with zero attached hydrogens (tertiary/aromatic N) is 1. The van der Waals surface area contributed by atoms with E-state index in [2.05, 4.69) is 0 Å². The van der Waals surface area contributed by atoms with E-state index in [9.17, 15) is 18.0 Å². The molecule has 8 nitrogen and oxygen atoms in total. The minimum atomic E-state index is -4.07. The first-order valence-corrected chi connectivity index (χ1v) is 9.93. The summed E-state index contributed by atoms with van der Waals surface area (Å²) in [5.74, 6) is -1.74. The first kappa shape index (κ1) is 19.6. The summed E-state index contributed by atoms with van der Waals surface area (Å²) in [5.41, 5.74) is 0.705. The minimum absolute atomic E-state index is 0.356. The normalized spacial score (nSPS) is 11.4. The number of esters is 1. The Hall–Kier alpha value is -3.17. The molecule has 0 atom stereocenters. The number of hydrogen-bond donors (Lipinski definition) is 1. The Morgan fingerprint density at radius 3 is 2.46 bits per heavy atom. The highest BCUT2D eigenvalue weighted by Crippen LogP contribution is 2.26. The van der Waals surface area contributed by atoms with E-state index in [4.69, 9.17) is 14.3 Å². The van der Waals surface area contributed by atoms with Crippen LogP contribution in [0.5, 0.6) is 0 Å². The molecule has 0 unspecified atom stereocenters. The van der Waals surface area contributed by atoms with Crippen molar-refractivity contribution < 1.29 is 27.2 Å². The molecule has 2 N–H and O–H groups in total. The molecule has 2 aromatic carbocycles. The largest absolute Gasteiger partial charge is 0.450 e. The van der Waals surface area contributed by atoms with Crippen LogP contribution in [0.2, 0.25) is 0 Å². The molecule has 1 heterocycles. The molecule has 1 amide bonds. The number of rotatable bonds is 6. The molecule has 9 heteroatoms. The van der Waals surface area contributed by atoms with Gasteiger partial charge in [-0.15, -0.1) is 0 Å². The molecule has 3 rings (SSSR count). The second kappa shape index (κ2) is 7.83. The third-order valence-electron chi connectivity index (χ3n) is 4.06. The lowest BCUT2D eigenvalue weighted by Gasteiger charge is -2.22. The predicted octanol–water partition coefficient (Wildman–Crippen LogP) is 2.29. The SMILES string of the molecule is CCN(C(=O)COC(=O)c1ccc(S(N)(=O)=O)o1)c1cccc2ccccc12. The molecule has 0 bridgehead atoms. The van der Waals surface area contributed by atoms with Crippen LogP contribution < -0.4 is 10.0 Å². The summed E-state index contributed by atoms with van der Waals surface area (Å²) in [7, 11) is -4.07.